The molecule has 2 rings (SSSR count). The van der Waals surface area contributed by atoms with Gasteiger partial charge >= 0.3 is 5.97 Å². The molecule has 0 atom stereocenters. The summed E-state index contributed by atoms with van der Waals surface area (Å²) >= 11 is 0. The quantitative estimate of drug-likeness (QED) is 0.833. The van der Waals surface area contributed by atoms with Gasteiger partial charge in [0.05, 0.1) is 11.1 Å². The van der Waals surface area contributed by atoms with Crippen molar-refractivity contribution in [1.82, 2.24) is 9.55 Å². The fraction of sp³-hybridized carbons (Fsp3) is 0.529. The molecule has 0 amide bonds. The third kappa shape index (κ3) is 3.09. The molecular weight excluding hydrogens is 264 g/mol. The van der Waals surface area contributed by atoms with Crippen molar-refractivity contribution in [3.8, 4) is 0 Å². The molecule has 0 aliphatic heterocycles. The van der Waals surface area contributed by atoms with Crippen LogP contribution in [0.2, 0.25) is 0 Å². The first-order valence-corrected chi connectivity index (χ1v) is 7.83. The molecule has 4 nitrogen and oxygen atoms in total. The van der Waals surface area contributed by atoms with Crippen LogP contribution < -0.4 is 0 Å². The van der Waals surface area contributed by atoms with Crippen LogP contribution >= 0.6 is 0 Å². The van der Waals surface area contributed by atoms with Crippen molar-refractivity contribution in [2.45, 2.75) is 53.0 Å². The maximum atomic E-state index is 11.4. The monoisotopic (exact) mass is 288 g/mol. The van der Waals surface area contributed by atoms with Gasteiger partial charge in [-0.3, -0.25) is 0 Å². The molecule has 1 aromatic carbocycles. The lowest BCUT2D eigenvalue weighted by atomic mass is 10.0. The highest BCUT2D eigenvalue weighted by atomic mass is 16.4. The number of aromatic nitrogens is 2. The minimum Gasteiger partial charge on any atom is -0.478 e. The summed E-state index contributed by atoms with van der Waals surface area (Å²) < 4.78 is 2.23. The van der Waals surface area contributed by atoms with Gasteiger partial charge in [0, 0.05) is 13.0 Å². The number of para-hydroxylation sites is 1. The van der Waals surface area contributed by atoms with E-state index in [9.17, 15) is 9.90 Å². The third-order valence-corrected chi connectivity index (χ3v) is 4.16. The van der Waals surface area contributed by atoms with Crippen LogP contribution in [0.5, 0.6) is 0 Å². The molecule has 0 saturated heterocycles. The Balaban J connectivity index is 2.57. The number of hydrogen-bond donors (Lipinski definition) is 1. The standard InChI is InChI=1S/C17H24N2O2/c1-4-8-15-18-16-13(17(20)21)9-7-10-14(16)19(15)11-12(5-2)6-3/h7,9-10,12H,4-6,8,11H2,1-3H3,(H,20,21). The summed E-state index contributed by atoms with van der Waals surface area (Å²) in [5.41, 5.74) is 1.87. The van der Waals surface area contributed by atoms with Crippen LogP contribution in [-0.2, 0) is 13.0 Å². The molecule has 114 valence electrons. The molecule has 0 aliphatic rings. The van der Waals surface area contributed by atoms with E-state index in [-0.39, 0.29) is 0 Å². The van der Waals surface area contributed by atoms with Gasteiger partial charge in [0.15, 0.2) is 0 Å². The number of aryl methyl sites for hydroxylation is 1. The van der Waals surface area contributed by atoms with E-state index < -0.39 is 5.97 Å². The molecule has 2 aromatic rings. The first kappa shape index (κ1) is 15.5. The lowest BCUT2D eigenvalue weighted by Crippen LogP contribution is -2.12. The molecule has 1 heterocycles. The van der Waals surface area contributed by atoms with Crippen LogP contribution in [-0.4, -0.2) is 20.6 Å². The van der Waals surface area contributed by atoms with Crippen LogP contribution in [0.15, 0.2) is 18.2 Å². The number of imidazole rings is 1. The molecule has 4 heteroatoms. The second kappa shape index (κ2) is 6.74. The zero-order valence-electron chi connectivity index (χ0n) is 13.1. The number of hydrogen-bond acceptors (Lipinski definition) is 2. The summed E-state index contributed by atoms with van der Waals surface area (Å²) in [6.45, 7) is 7.45. The second-order valence-corrected chi connectivity index (χ2v) is 5.55. The van der Waals surface area contributed by atoms with Crippen molar-refractivity contribution >= 4 is 17.0 Å². The van der Waals surface area contributed by atoms with Gasteiger partial charge in [0.25, 0.3) is 0 Å². The summed E-state index contributed by atoms with van der Waals surface area (Å²) in [6, 6.07) is 5.43. The van der Waals surface area contributed by atoms with E-state index >= 15 is 0 Å². The van der Waals surface area contributed by atoms with Gasteiger partial charge in [-0.1, -0.05) is 39.7 Å². The first-order valence-electron chi connectivity index (χ1n) is 7.83. The lowest BCUT2D eigenvalue weighted by molar-refractivity contribution is 0.0699. The van der Waals surface area contributed by atoms with E-state index in [4.69, 9.17) is 0 Å². The summed E-state index contributed by atoms with van der Waals surface area (Å²) in [6.07, 6.45) is 4.14. The van der Waals surface area contributed by atoms with E-state index in [2.05, 4.69) is 30.3 Å². The second-order valence-electron chi connectivity index (χ2n) is 5.55. The fourth-order valence-electron chi connectivity index (χ4n) is 2.79. The summed E-state index contributed by atoms with van der Waals surface area (Å²) in [5, 5.41) is 9.34. The highest BCUT2D eigenvalue weighted by molar-refractivity contribution is 6.01. The summed E-state index contributed by atoms with van der Waals surface area (Å²) in [4.78, 5) is 16.0. The van der Waals surface area contributed by atoms with E-state index in [1.54, 1.807) is 6.07 Å². The van der Waals surface area contributed by atoms with Crippen molar-refractivity contribution in [3.63, 3.8) is 0 Å². The topological polar surface area (TPSA) is 55.1 Å². The largest absolute Gasteiger partial charge is 0.478 e. The minimum absolute atomic E-state index is 0.299. The molecule has 0 spiro atoms. The molecule has 0 fully saturated rings. The Bertz CT molecular complexity index is 627. The molecule has 0 radical (unpaired) electrons. The molecule has 0 aliphatic carbocycles. The Labute approximate surface area is 125 Å². The predicted octanol–water partition coefficient (Wildman–Crippen LogP) is 4.12. The van der Waals surface area contributed by atoms with Crippen LogP contribution in [0.1, 0.15) is 56.2 Å². The normalized spacial score (nSPS) is 11.4. The number of nitrogens with zero attached hydrogens (tertiary/aromatic N) is 2. The van der Waals surface area contributed by atoms with Gasteiger partial charge in [-0.05, 0) is 24.5 Å². The number of fused-ring (bicyclic) bond motifs is 1. The van der Waals surface area contributed by atoms with Gasteiger partial charge in [0.2, 0.25) is 0 Å². The Morgan fingerprint density at radius 1 is 1.29 bits per heavy atom. The Kier molecular flexibility index (Phi) is 4.99. The molecule has 1 N–H and O–H groups in total. The maximum absolute atomic E-state index is 11.4. The Morgan fingerprint density at radius 3 is 2.57 bits per heavy atom. The average molecular weight is 288 g/mol. The molecule has 0 unspecified atom stereocenters. The van der Waals surface area contributed by atoms with E-state index in [0.717, 1.165) is 43.6 Å². The van der Waals surface area contributed by atoms with Crippen molar-refractivity contribution in [3.05, 3.63) is 29.6 Å². The van der Waals surface area contributed by atoms with Crippen LogP contribution in [0.3, 0.4) is 0 Å². The van der Waals surface area contributed by atoms with Crippen molar-refractivity contribution in [1.29, 1.82) is 0 Å². The number of carbonyl (C=O) groups is 1. The zero-order valence-corrected chi connectivity index (χ0v) is 13.1. The molecule has 21 heavy (non-hydrogen) atoms. The molecular formula is C17H24N2O2. The smallest absolute Gasteiger partial charge is 0.337 e. The van der Waals surface area contributed by atoms with Crippen molar-refractivity contribution in [2.24, 2.45) is 5.92 Å². The van der Waals surface area contributed by atoms with Gasteiger partial charge in [-0.15, -0.1) is 0 Å². The number of carboxylic acid groups (broad SMARTS) is 1. The Hall–Kier alpha value is -1.84. The number of carboxylic acids is 1. The first-order chi connectivity index (χ1) is 10.1. The van der Waals surface area contributed by atoms with Crippen molar-refractivity contribution in [2.75, 3.05) is 0 Å². The minimum atomic E-state index is -0.907. The maximum Gasteiger partial charge on any atom is 0.337 e. The highest BCUT2D eigenvalue weighted by Gasteiger charge is 2.18. The SMILES string of the molecule is CCCc1nc2c(C(=O)O)cccc2n1CC(CC)CC. The summed E-state index contributed by atoms with van der Waals surface area (Å²) in [5.74, 6) is 0.704. The van der Waals surface area contributed by atoms with Gasteiger partial charge < -0.3 is 9.67 Å². The summed E-state index contributed by atoms with van der Waals surface area (Å²) in [7, 11) is 0. The molecule has 0 bridgehead atoms. The average Bonchev–Trinajstić information content (AvgIpc) is 2.82. The van der Waals surface area contributed by atoms with Gasteiger partial charge in [0.1, 0.15) is 11.3 Å². The molecule has 1 aromatic heterocycles. The number of rotatable bonds is 7. The van der Waals surface area contributed by atoms with Crippen LogP contribution in [0.4, 0.5) is 0 Å². The van der Waals surface area contributed by atoms with E-state index in [0.29, 0.717) is 17.0 Å². The fourth-order valence-corrected chi connectivity index (χ4v) is 2.79. The third-order valence-electron chi connectivity index (χ3n) is 4.16. The molecule has 0 saturated carbocycles. The van der Waals surface area contributed by atoms with Crippen LogP contribution in [0.25, 0.3) is 11.0 Å². The van der Waals surface area contributed by atoms with E-state index in [1.165, 1.54) is 0 Å². The van der Waals surface area contributed by atoms with Crippen molar-refractivity contribution < 1.29 is 9.90 Å². The van der Waals surface area contributed by atoms with Gasteiger partial charge in [-0.2, -0.15) is 0 Å². The zero-order chi connectivity index (χ0) is 15.4. The van der Waals surface area contributed by atoms with E-state index in [1.807, 2.05) is 12.1 Å². The van der Waals surface area contributed by atoms with Gasteiger partial charge in [-0.25, -0.2) is 9.78 Å². The van der Waals surface area contributed by atoms with Crippen LogP contribution in [0, 0.1) is 5.92 Å². The predicted molar refractivity (Wildman–Crippen MR) is 84.8 cm³/mol. The highest BCUT2D eigenvalue weighted by Crippen LogP contribution is 2.24. The Morgan fingerprint density at radius 2 is 2.00 bits per heavy atom. The number of aromatic carboxylic acids is 1. The lowest BCUT2D eigenvalue weighted by Gasteiger charge is -2.16. The number of benzene rings is 1.